The van der Waals surface area contributed by atoms with Gasteiger partial charge in [0.2, 0.25) is 0 Å². The molecule has 0 atom stereocenters. The van der Waals surface area contributed by atoms with Gasteiger partial charge in [0.25, 0.3) is 5.56 Å². The molecule has 0 spiro atoms. The number of hydrogen-bond donors (Lipinski definition) is 1. The van der Waals surface area contributed by atoms with E-state index in [1.807, 2.05) is 73.7 Å². The molecule has 0 bridgehead atoms. The molecule has 5 heteroatoms. The number of aromatic nitrogens is 3. The predicted octanol–water partition coefficient (Wildman–Crippen LogP) is 4.37. The summed E-state index contributed by atoms with van der Waals surface area (Å²) in [6.07, 6.45) is 0. The third kappa shape index (κ3) is 3.23. The topological polar surface area (TPSA) is 60.0 Å². The second kappa shape index (κ2) is 7.85. The van der Waals surface area contributed by atoms with E-state index in [9.17, 15) is 9.90 Å². The number of aliphatic hydroxyl groups excluding tert-OH is 1. The predicted molar refractivity (Wildman–Crippen MR) is 124 cm³/mol. The number of para-hydroxylation sites is 1. The minimum atomic E-state index is -0.0973. The maximum Gasteiger partial charge on any atom is 0.274 e. The highest BCUT2D eigenvalue weighted by atomic mass is 16.3. The van der Waals surface area contributed by atoms with Crippen LogP contribution in [0.25, 0.3) is 32.9 Å². The van der Waals surface area contributed by atoms with Crippen LogP contribution in [-0.2, 0) is 13.1 Å². The Morgan fingerprint density at radius 1 is 0.839 bits per heavy atom. The van der Waals surface area contributed by atoms with Crippen molar-refractivity contribution < 1.29 is 5.11 Å². The maximum absolute atomic E-state index is 13.2. The molecular weight excluding hydrogens is 386 g/mol. The van der Waals surface area contributed by atoms with E-state index in [2.05, 4.69) is 16.7 Å². The lowest BCUT2D eigenvalue weighted by molar-refractivity contribution is 0.277. The molecule has 0 radical (unpaired) electrons. The summed E-state index contributed by atoms with van der Waals surface area (Å²) >= 11 is 0. The lowest BCUT2D eigenvalue weighted by atomic mass is 10.0. The first-order valence-corrected chi connectivity index (χ1v) is 10.4. The number of nitrogens with zero attached hydrogens (tertiary/aromatic N) is 3. The molecule has 5 aromatic rings. The molecule has 0 aliphatic carbocycles. The Hall–Kier alpha value is -3.70. The van der Waals surface area contributed by atoms with Gasteiger partial charge in [0.15, 0.2) is 0 Å². The zero-order valence-corrected chi connectivity index (χ0v) is 17.3. The zero-order valence-electron chi connectivity index (χ0n) is 17.3. The molecule has 0 amide bonds. The molecule has 5 rings (SSSR count). The number of hydrogen-bond acceptors (Lipinski definition) is 3. The number of fused-ring (bicyclic) bond motifs is 2. The molecule has 2 aromatic heterocycles. The van der Waals surface area contributed by atoms with Crippen molar-refractivity contribution in [1.82, 2.24) is 14.3 Å². The highest BCUT2D eigenvalue weighted by Crippen LogP contribution is 2.36. The van der Waals surface area contributed by atoms with Crippen LogP contribution in [0.1, 0.15) is 11.3 Å². The van der Waals surface area contributed by atoms with E-state index in [4.69, 9.17) is 5.10 Å². The van der Waals surface area contributed by atoms with Crippen molar-refractivity contribution in [3.8, 4) is 11.3 Å². The molecule has 31 heavy (non-hydrogen) atoms. The van der Waals surface area contributed by atoms with Crippen molar-refractivity contribution in [2.45, 2.75) is 20.0 Å². The average molecular weight is 409 g/mol. The van der Waals surface area contributed by atoms with Crippen LogP contribution in [0.2, 0.25) is 0 Å². The van der Waals surface area contributed by atoms with Crippen molar-refractivity contribution in [1.29, 1.82) is 0 Å². The summed E-state index contributed by atoms with van der Waals surface area (Å²) in [5.41, 5.74) is 4.80. The second-order valence-corrected chi connectivity index (χ2v) is 7.70. The van der Waals surface area contributed by atoms with Crippen LogP contribution < -0.4 is 5.56 Å². The SMILES string of the molecule is Cc1c(-c2nn(Cc3ccccc3)c(=O)c3ccccc23)c2ccccc2n1CCO. The van der Waals surface area contributed by atoms with Gasteiger partial charge in [-0.25, -0.2) is 4.68 Å². The minimum absolute atomic E-state index is 0.0562. The Morgan fingerprint density at radius 3 is 2.23 bits per heavy atom. The van der Waals surface area contributed by atoms with E-state index >= 15 is 0 Å². The lowest BCUT2D eigenvalue weighted by Crippen LogP contribution is -2.24. The summed E-state index contributed by atoms with van der Waals surface area (Å²) < 4.78 is 3.68. The van der Waals surface area contributed by atoms with Crippen LogP contribution in [0.3, 0.4) is 0 Å². The van der Waals surface area contributed by atoms with Crippen LogP contribution in [0, 0.1) is 6.92 Å². The quantitative estimate of drug-likeness (QED) is 0.469. The molecule has 2 heterocycles. The summed E-state index contributed by atoms with van der Waals surface area (Å²) in [5.74, 6) is 0. The van der Waals surface area contributed by atoms with Crippen molar-refractivity contribution in [2.75, 3.05) is 6.61 Å². The average Bonchev–Trinajstić information content (AvgIpc) is 3.08. The Balaban J connectivity index is 1.83. The highest BCUT2D eigenvalue weighted by molar-refractivity contribution is 6.04. The smallest absolute Gasteiger partial charge is 0.274 e. The van der Waals surface area contributed by atoms with Gasteiger partial charge in [0, 0.05) is 34.1 Å². The van der Waals surface area contributed by atoms with Crippen LogP contribution in [0.15, 0.2) is 83.7 Å². The fourth-order valence-corrected chi connectivity index (χ4v) is 4.40. The van der Waals surface area contributed by atoms with Crippen LogP contribution >= 0.6 is 0 Å². The first-order valence-electron chi connectivity index (χ1n) is 10.4. The van der Waals surface area contributed by atoms with Gasteiger partial charge >= 0.3 is 0 Å². The monoisotopic (exact) mass is 409 g/mol. The summed E-state index contributed by atoms with van der Waals surface area (Å²) in [7, 11) is 0. The molecule has 0 saturated carbocycles. The van der Waals surface area contributed by atoms with Crippen LogP contribution in [0.4, 0.5) is 0 Å². The van der Waals surface area contributed by atoms with Gasteiger partial charge in [-0.15, -0.1) is 0 Å². The van der Waals surface area contributed by atoms with Crippen molar-refractivity contribution in [2.24, 2.45) is 0 Å². The molecule has 0 aliphatic heterocycles. The summed E-state index contributed by atoms with van der Waals surface area (Å²) in [6.45, 7) is 3.02. The van der Waals surface area contributed by atoms with Crippen molar-refractivity contribution in [3.63, 3.8) is 0 Å². The van der Waals surface area contributed by atoms with Crippen molar-refractivity contribution in [3.05, 3.63) is 100 Å². The Kier molecular flexibility index (Phi) is 4.88. The molecule has 154 valence electrons. The third-order valence-electron chi connectivity index (χ3n) is 5.83. The molecule has 0 fully saturated rings. The molecule has 0 saturated heterocycles. The maximum atomic E-state index is 13.2. The van der Waals surface area contributed by atoms with Gasteiger partial charge in [-0.2, -0.15) is 5.10 Å². The molecule has 0 aliphatic rings. The van der Waals surface area contributed by atoms with E-state index in [0.717, 1.165) is 38.8 Å². The third-order valence-corrected chi connectivity index (χ3v) is 5.83. The minimum Gasteiger partial charge on any atom is -0.395 e. The summed E-state index contributed by atoms with van der Waals surface area (Å²) in [5, 5.41) is 17.1. The Labute approximate surface area is 179 Å². The van der Waals surface area contributed by atoms with Gasteiger partial charge in [0.1, 0.15) is 5.69 Å². The fourth-order valence-electron chi connectivity index (χ4n) is 4.40. The highest BCUT2D eigenvalue weighted by Gasteiger charge is 2.20. The summed E-state index contributed by atoms with van der Waals surface area (Å²) in [4.78, 5) is 13.2. The standard InChI is InChI=1S/C26H23N3O2/c1-18-24(22-13-7-8-14-23(22)28(18)15-16-30)25-20-11-5-6-12-21(20)26(31)29(27-25)17-19-9-3-2-4-10-19/h2-14,30H,15-17H2,1H3. The van der Waals surface area contributed by atoms with Crippen LogP contribution in [-0.4, -0.2) is 26.1 Å². The van der Waals surface area contributed by atoms with Gasteiger partial charge in [0.05, 0.1) is 18.5 Å². The molecule has 3 aromatic carbocycles. The van der Waals surface area contributed by atoms with E-state index in [0.29, 0.717) is 18.5 Å². The first kappa shape index (κ1) is 19.3. The van der Waals surface area contributed by atoms with Crippen molar-refractivity contribution >= 4 is 21.7 Å². The Bertz CT molecular complexity index is 1450. The van der Waals surface area contributed by atoms with E-state index in [-0.39, 0.29) is 12.2 Å². The zero-order chi connectivity index (χ0) is 21.4. The lowest BCUT2D eigenvalue weighted by Gasteiger charge is -2.12. The van der Waals surface area contributed by atoms with Gasteiger partial charge in [-0.05, 0) is 24.6 Å². The van der Waals surface area contributed by atoms with Gasteiger partial charge in [-0.3, -0.25) is 4.79 Å². The molecule has 1 N–H and O–H groups in total. The summed E-state index contributed by atoms with van der Waals surface area (Å²) in [6, 6.07) is 25.7. The van der Waals surface area contributed by atoms with Gasteiger partial charge < -0.3 is 9.67 Å². The largest absolute Gasteiger partial charge is 0.395 e. The Morgan fingerprint density at radius 2 is 1.48 bits per heavy atom. The molecular formula is C26H23N3O2. The second-order valence-electron chi connectivity index (χ2n) is 7.70. The van der Waals surface area contributed by atoms with E-state index in [1.165, 1.54) is 0 Å². The number of benzene rings is 3. The normalized spacial score (nSPS) is 11.4. The number of rotatable bonds is 5. The van der Waals surface area contributed by atoms with E-state index in [1.54, 1.807) is 4.68 Å². The molecule has 5 nitrogen and oxygen atoms in total. The van der Waals surface area contributed by atoms with E-state index < -0.39 is 0 Å². The molecule has 0 unspecified atom stereocenters. The first-order chi connectivity index (χ1) is 15.2. The van der Waals surface area contributed by atoms with Gasteiger partial charge in [-0.1, -0.05) is 66.7 Å². The van der Waals surface area contributed by atoms with Crippen LogP contribution in [0.5, 0.6) is 0 Å². The number of aliphatic hydroxyl groups is 1. The fraction of sp³-hybridized carbons (Fsp3) is 0.154.